The Balaban J connectivity index is 2.45. The van der Waals surface area contributed by atoms with Gasteiger partial charge in [0.25, 0.3) is 0 Å². The summed E-state index contributed by atoms with van der Waals surface area (Å²) in [6.45, 7) is 3.78. The molecule has 0 spiro atoms. The molecule has 4 nitrogen and oxygen atoms in total. The lowest BCUT2D eigenvalue weighted by Gasteiger charge is -2.06. The van der Waals surface area contributed by atoms with E-state index in [0.717, 1.165) is 6.07 Å². The molecule has 0 aliphatic rings. The van der Waals surface area contributed by atoms with E-state index in [1.54, 1.807) is 24.3 Å². The van der Waals surface area contributed by atoms with Crippen molar-refractivity contribution >= 4 is 5.57 Å². The van der Waals surface area contributed by atoms with E-state index in [1.165, 1.54) is 6.26 Å². The maximum Gasteiger partial charge on any atom is 0.227 e. The number of nitriles is 1. The van der Waals surface area contributed by atoms with Gasteiger partial charge in [-0.3, -0.25) is 4.79 Å². The van der Waals surface area contributed by atoms with Gasteiger partial charge in [0.1, 0.15) is 0 Å². The normalized spacial score (nSPS) is 9.72. The summed E-state index contributed by atoms with van der Waals surface area (Å²) in [7, 11) is 0. The van der Waals surface area contributed by atoms with Gasteiger partial charge in [-0.05, 0) is 17.7 Å². The van der Waals surface area contributed by atoms with Crippen LogP contribution in [0.2, 0.25) is 0 Å². The molecule has 2 rings (SSSR count). The Kier molecular flexibility index (Phi) is 2.98. The van der Waals surface area contributed by atoms with Gasteiger partial charge in [-0.2, -0.15) is 5.26 Å². The number of rotatable bonds is 2. The van der Waals surface area contributed by atoms with Gasteiger partial charge >= 0.3 is 0 Å². The Bertz CT molecular complexity index is 690. The van der Waals surface area contributed by atoms with Gasteiger partial charge in [-0.25, -0.2) is 0 Å². The van der Waals surface area contributed by atoms with Crippen LogP contribution >= 0.6 is 0 Å². The molecule has 0 amide bonds. The zero-order chi connectivity index (χ0) is 13.1. The van der Waals surface area contributed by atoms with E-state index in [1.807, 2.05) is 6.07 Å². The topological polar surface area (TPSA) is 74.2 Å². The van der Waals surface area contributed by atoms with Crippen LogP contribution in [0.4, 0.5) is 0 Å². The molecule has 0 radical (unpaired) electrons. The fraction of sp³-hybridized carbons (Fsp3) is 0. The second kappa shape index (κ2) is 4.60. The highest BCUT2D eigenvalue weighted by atomic mass is 16.4. The summed E-state index contributed by atoms with van der Waals surface area (Å²) >= 11 is 0. The number of aromatic hydroxyl groups is 1. The summed E-state index contributed by atoms with van der Waals surface area (Å²) in [6, 6.07) is 9.73. The minimum absolute atomic E-state index is 0.0345. The highest BCUT2D eigenvalue weighted by molar-refractivity contribution is 5.77. The molecule has 0 aliphatic carbocycles. The van der Waals surface area contributed by atoms with Crippen LogP contribution in [-0.2, 0) is 0 Å². The van der Waals surface area contributed by atoms with Gasteiger partial charge in [0.2, 0.25) is 11.2 Å². The molecule has 0 saturated carbocycles. The molecular weight excluding hydrogens is 230 g/mol. The summed E-state index contributed by atoms with van der Waals surface area (Å²) in [5, 5.41) is 18.3. The summed E-state index contributed by atoms with van der Waals surface area (Å²) in [5.74, 6) is -0.431. The van der Waals surface area contributed by atoms with Crippen molar-refractivity contribution in [3.05, 3.63) is 70.3 Å². The SMILES string of the molecule is C=C(c1ccc(C#N)cc1)c1occc(=O)c1O. The zero-order valence-corrected chi connectivity index (χ0v) is 9.38. The average Bonchev–Trinajstić information content (AvgIpc) is 2.41. The van der Waals surface area contributed by atoms with Crippen LogP contribution in [0.1, 0.15) is 16.9 Å². The van der Waals surface area contributed by atoms with E-state index in [2.05, 4.69) is 6.58 Å². The maximum atomic E-state index is 11.3. The van der Waals surface area contributed by atoms with E-state index in [-0.39, 0.29) is 5.76 Å². The van der Waals surface area contributed by atoms with Gasteiger partial charge in [-0.1, -0.05) is 18.7 Å². The van der Waals surface area contributed by atoms with Crippen LogP contribution in [0, 0.1) is 11.3 Å². The number of hydrogen-bond donors (Lipinski definition) is 1. The third kappa shape index (κ3) is 2.02. The molecule has 2 aromatic rings. The predicted octanol–water partition coefficient (Wildman–Crippen LogP) is 2.28. The Morgan fingerprint density at radius 2 is 1.94 bits per heavy atom. The molecule has 0 saturated heterocycles. The Labute approximate surface area is 103 Å². The van der Waals surface area contributed by atoms with E-state index in [9.17, 15) is 9.90 Å². The molecule has 1 heterocycles. The molecule has 1 aromatic carbocycles. The molecule has 4 heteroatoms. The van der Waals surface area contributed by atoms with Crippen molar-refractivity contribution < 1.29 is 9.52 Å². The minimum Gasteiger partial charge on any atom is -0.502 e. The summed E-state index contributed by atoms with van der Waals surface area (Å²) in [6.07, 6.45) is 1.20. The van der Waals surface area contributed by atoms with Gasteiger partial charge < -0.3 is 9.52 Å². The molecule has 0 unspecified atom stereocenters. The average molecular weight is 239 g/mol. The first-order chi connectivity index (χ1) is 8.63. The maximum absolute atomic E-state index is 11.3. The number of hydrogen-bond acceptors (Lipinski definition) is 4. The van der Waals surface area contributed by atoms with Crippen LogP contribution in [0.15, 0.2) is 52.4 Å². The van der Waals surface area contributed by atoms with Crippen molar-refractivity contribution in [3.63, 3.8) is 0 Å². The largest absolute Gasteiger partial charge is 0.502 e. The smallest absolute Gasteiger partial charge is 0.227 e. The Morgan fingerprint density at radius 3 is 2.56 bits per heavy atom. The highest BCUT2D eigenvalue weighted by Crippen LogP contribution is 2.26. The molecule has 0 aliphatic heterocycles. The van der Waals surface area contributed by atoms with Crippen molar-refractivity contribution in [2.75, 3.05) is 0 Å². The lowest BCUT2D eigenvalue weighted by Crippen LogP contribution is -2.00. The third-order valence-corrected chi connectivity index (χ3v) is 2.49. The van der Waals surface area contributed by atoms with Gasteiger partial charge in [0.15, 0.2) is 5.76 Å². The standard InChI is InChI=1S/C14H9NO3/c1-9(11-4-2-10(8-15)3-5-11)14-13(17)12(16)6-7-18-14/h2-7,17H,1H2. The Morgan fingerprint density at radius 1 is 1.28 bits per heavy atom. The van der Waals surface area contributed by atoms with Crippen LogP contribution in [0.3, 0.4) is 0 Å². The summed E-state index contributed by atoms with van der Waals surface area (Å²) in [4.78, 5) is 11.3. The first-order valence-electron chi connectivity index (χ1n) is 5.14. The van der Waals surface area contributed by atoms with Crippen LogP contribution in [0.5, 0.6) is 5.75 Å². The van der Waals surface area contributed by atoms with Gasteiger partial charge in [0, 0.05) is 11.6 Å². The summed E-state index contributed by atoms with van der Waals surface area (Å²) < 4.78 is 5.10. The fourth-order valence-corrected chi connectivity index (χ4v) is 1.50. The highest BCUT2D eigenvalue weighted by Gasteiger charge is 2.12. The lowest BCUT2D eigenvalue weighted by atomic mass is 10.0. The second-order valence-corrected chi connectivity index (χ2v) is 3.63. The molecular formula is C14H9NO3. The van der Waals surface area contributed by atoms with Crippen molar-refractivity contribution in [2.45, 2.75) is 0 Å². The predicted molar refractivity (Wildman–Crippen MR) is 65.9 cm³/mol. The monoisotopic (exact) mass is 239 g/mol. The van der Waals surface area contributed by atoms with Crippen molar-refractivity contribution in [1.29, 1.82) is 5.26 Å². The van der Waals surface area contributed by atoms with Crippen molar-refractivity contribution in [2.24, 2.45) is 0 Å². The molecule has 0 fully saturated rings. The number of benzene rings is 1. The zero-order valence-electron chi connectivity index (χ0n) is 9.38. The molecule has 88 valence electrons. The van der Waals surface area contributed by atoms with E-state index in [4.69, 9.17) is 9.68 Å². The van der Waals surface area contributed by atoms with Crippen molar-refractivity contribution in [1.82, 2.24) is 0 Å². The molecule has 1 N–H and O–H groups in total. The third-order valence-electron chi connectivity index (χ3n) is 2.49. The molecule has 1 aromatic heterocycles. The van der Waals surface area contributed by atoms with E-state index in [0.29, 0.717) is 16.7 Å². The van der Waals surface area contributed by atoms with Crippen LogP contribution < -0.4 is 5.43 Å². The molecule has 0 atom stereocenters. The first kappa shape index (κ1) is 11.7. The first-order valence-corrected chi connectivity index (χ1v) is 5.14. The quantitative estimate of drug-likeness (QED) is 0.872. The van der Waals surface area contributed by atoms with Crippen LogP contribution in [0.25, 0.3) is 5.57 Å². The van der Waals surface area contributed by atoms with E-state index < -0.39 is 11.2 Å². The summed E-state index contributed by atoms with van der Waals surface area (Å²) in [5.41, 5.74) is 1.05. The van der Waals surface area contributed by atoms with Gasteiger partial charge in [-0.15, -0.1) is 0 Å². The lowest BCUT2D eigenvalue weighted by molar-refractivity contribution is 0.422. The van der Waals surface area contributed by atoms with Gasteiger partial charge in [0.05, 0.1) is 17.9 Å². The van der Waals surface area contributed by atoms with Crippen molar-refractivity contribution in [3.8, 4) is 11.8 Å². The molecule has 0 bridgehead atoms. The number of nitrogens with zero attached hydrogens (tertiary/aromatic N) is 1. The second-order valence-electron chi connectivity index (χ2n) is 3.63. The van der Waals surface area contributed by atoms with Crippen LogP contribution in [-0.4, -0.2) is 5.11 Å². The molecule has 18 heavy (non-hydrogen) atoms. The van der Waals surface area contributed by atoms with E-state index >= 15 is 0 Å². The Hall–Kier alpha value is -2.80. The minimum atomic E-state index is -0.522. The fourth-order valence-electron chi connectivity index (χ4n) is 1.50.